The number of anilines is 1. The van der Waals surface area contributed by atoms with E-state index in [1.807, 2.05) is 12.1 Å². The molecular formula is C13H12INO2. The van der Waals surface area contributed by atoms with Gasteiger partial charge in [0.1, 0.15) is 0 Å². The van der Waals surface area contributed by atoms with E-state index in [0.717, 1.165) is 16.3 Å². The third-order valence-corrected chi connectivity index (χ3v) is 3.57. The summed E-state index contributed by atoms with van der Waals surface area (Å²) in [6.07, 6.45) is 3.84. The van der Waals surface area contributed by atoms with Crippen LogP contribution in [0, 0.1) is 3.57 Å². The normalized spacial score (nSPS) is 19.5. The van der Waals surface area contributed by atoms with E-state index in [2.05, 4.69) is 29.2 Å². The highest BCUT2D eigenvalue weighted by molar-refractivity contribution is 14.1. The zero-order chi connectivity index (χ0) is 12.4. The minimum absolute atomic E-state index is 0.00117. The minimum Gasteiger partial charge on any atom is -0.305 e. The minimum atomic E-state index is 0.00117. The third-order valence-electron chi connectivity index (χ3n) is 2.90. The van der Waals surface area contributed by atoms with E-state index in [9.17, 15) is 9.59 Å². The van der Waals surface area contributed by atoms with Gasteiger partial charge in [0.05, 0.1) is 11.7 Å². The van der Waals surface area contributed by atoms with E-state index < -0.39 is 0 Å². The summed E-state index contributed by atoms with van der Waals surface area (Å²) in [6, 6.07) is 5.51. The quantitative estimate of drug-likeness (QED) is 0.482. The molecule has 0 aliphatic carbocycles. The van der Waals surface area contributed by atoms with Crippen molar-refractivity contribution in [2.75, 3.05) is 4.90 Å². The molecule has 0 unspecified atom stereocenters. The first-order valence-electron chi connectivity index (χ1n) is 5.36. The summed E-state index contributed by atoms with van der Waals surface area (Å²) in [6.45, 7) is 3.74. The molecule has 1 aliphatic heterocycles. The first kappa shape index (κ1) is 12.3. The molecule has 0 radical (unpaired) electrons. The fourth-order valence-corrected chi connectivity index (χ4v) is 2.60. The van der Waals surface area contributed by atoms with E-state index in [0.29, 0.717) is 17.7 Å². The number of benzene rings is 1. The molecule has 0 spiro atoms. The smallest absolute Gasteiger partial charge is 0.227 e. The summed E-state index contributed by atoms with van der Waals surface area (Å²) < 4.78 is 0.982. The molecule has 0 saturated carbocycles. The van der Waals surface area contributed by atoms with Gasteiger partial charge in [-0.15, -0.1) is 6.58 Å². The van der Waals surface area contributed by atoms with Crippen molar-refractivity contribution in [1.82, 2.24) is 0 Å². The monoisotopic (exact) mass is 341 g/mol. The number of rotatable bonds is 3. The van der Waals surface area contributed by atoms with Crippen molar-refractivity contribution in [3.05, 3.63) is 40.0 Å². The van der Waals surface area contributed by atoms with Crippen LogP contribution in [0.15, 0.2) is 30.9 Å². The summed E-state index contributed by atoms with van der Waals surface area (Å²) >= 11 is 2.15. The highest BCUT2D eigenvalue weighted by Gasteiger charge is 2.31. The second-order valence-electron chi connectivity index (χ2n) is 3.93. The van der Waals surface area contributed by atoms with Gasteiger partial charge in [-0.1, -0.05) is 6.08 Å². The summed E-state index contributed by atoms with van der Waals surface area (Å²) in [4.78, 5) is 24.6. The first-order chi connectivity index (χ1) is 8.17. The fourth-order valence-electron chi connectivity index (χ4n) is 2.08. The number of carbonyl (C=O) groups excluding carboxylic acids is 2. The predicted molar refractivity (Wildman–Crippen MR) is 75.3 cm³/mol. The second kappa shape index (κ2) is 5.00. The van der Waals surface area contributed by atoms with Gasteiger partial charge in [0.25, 0.3) is 0 Å². The number of halogens is 1. The van der Waals surface area contributed by atoms with Crippen LogP contribution in [0.2, 0.25) is 0 Å². The molecule has 17 heavy (non-hydrogen) atoms. The molecule has 1 aliphatic rings. The second-order valence-corrected chi connectivity index (χ2v) is 5.17. The Morgan fingerprint density at radius 2 is 2.24 bits per heavy atom. The lowest BCUT2D eigenvalue weighted by Crippen LogP contribution is -2.32. The standard InChI is InChI=1S/C13H12INO2/c1-2-11-4-6-13(17)15(11)12-5-3-10(14)7-9(12)8-16/h2-3,5,7-8,11H,1,4,6H2/t11-/m1/s1. The van der Waals surface area contributed by atoms with E-state index in [-0.39, 0.29) is 11.9 Å². The summed E-state index contributed by atoms with van der Waals surface area (Å²) in [5, 5.41) is 0. The van der Waals surface area contributed by atoms with E-state index in [1.165, 1.54) is 0 Å². The van der Waals surface area contributed by atoms with Crippen molar-refractivity contribution in [1.29, 1.82) is 0 Å². The summed E-state index contributed by atoms with van der Waals surface area (Å²) in [7, 11) is 0. The Morgan fingerprint density at radius 3 is 2.88 bits per heavy atom. The van der Waals surface area contributed by atoms with Gasteiger partial charge in [-0.2, -0.15) is 0 Å². The van der Waals surface area contributed by atoms with Crippen LogP contribution in [0.25, 0.3) is 0 Å². The molecule has 1 heterocycles. The molecule has 1 saturated heterocycles. The average Bonchev–Trinajstić information content (AvgIpc) is 2.70. The topological polar surface area (TPSA) is 37.4 Å². The lowest BCUT2D eigenvalue weighted by Gasteiger charge is -2.23. The van der Waals surface area contributed by atoms with Crippen LogP contribution in [0.3, 0.4) is 0 Å². The van der Waals surface area contributed by atoms with Crippen molar-refractivity contribution in [3.63, 3.8) is 0 Å². The van der Waals surface area contributed by atoms with Gasteiger partial charge >= 0.3 is 0 Å². The van der Waals surface area contributed by atoms with E-state index in [1.54, 1.807) is 17.0 Å². The van der Waals surface area contributed by atoms with E-state index >= 15 is 0 Å². The van der Waals surface area contributed by atoms with Crippen LogP contribution < -0.4 is 4.90 Å². The van der Waals surface area contributed by atoms with Gasteiger partial charge in [-0.3, -0.25) is 9.59 Å². The molecule has 0 N–H and O–H groups in total. The Bertz CT molecular complexity index is 484. The number of amides is 1. The van der Waals surface area contributed by atoms with Gasteiger partial charge in [0, 0.05) is 15.6 Å². The van der Waals surface area contributed by atoms with Gasteiger partial charge in [0.2, 0.25) is 5.91 Å². The van der Waals surface area contributed by atoms with Crippen molar-refractivity contribution in [2.45, 2.75) is 18.9 Å². The van der Waals surface area contributed by atoms with Crippen LogP contribution in [-0.2, 0) is 4.79 Å². The van der Waals surface area contributed by atoms with Crippen molar-refractivity contribution in [2.24, 2.45) is 0 Å². The predicted octanol–water partition coefficient (Wildman–Crippen LogP) is 2.79. The SMILES string of the molecule is C=C[C@@H]1CCC(=O)N1c1ccc(I)cc1C=O. The summed E-state index contributed by atoms with van der Waals surface area (Å²) in [5.74, 6) is 0.0548. The van der Waals surface area contributed by atoms with E-state index in [4.69, 9.17) is 0 Å². The lowest BCUT2D eigenvalue weighted by atomic mass is 10.1. The van der Waals surface area contributed by atoms with Crippen LogP contribution >= 0.6 is 22.6 Å². The molecule has 1 aromatic rings. The maximum absolute atomic E-state index is 11.9. The number of nitrogens with zero attached hydrogens (tertiary/aromatic N) is 1. The molecular weight excluding hydrogens is 329 g/mol. The molecule has 0 aromatic heterocycles. The Kier molecular flexibility index (Phi) is 3.61. The molecule has 1 atom stereocenters. The number of aldehydes is 1. The van der Waals surface area contributed by atoms with Gasteiger partial charge in [-0.25, -0.2) is 0 Å². The lowest BCUT2D eigenvalue weighted by molar-refractivity contribution is -0.117. The average molecular weight is 341 g/mol. The van der Waals surface area contributed by atoms with Gasteiger partial charge in [-0.05, 0) is 47.2 Å². The molecule has 1 fully saturated rings. The van der Waals surface area contributed by atoms with Gasteiger partial charge < -0.3 is 4.90 Å². The zero-order valence-corrected chi connectivity index (χ0v) is 11.4. The molecule has 4 heteroatoms. The highest BCUT2D eigenvalue weighted by atomic mass is 127. The largest absolute Gasteiger partial charge is 0.305 e. The molecule has 0 bridgehead atoms. The van der Waals surface area contributed by atoms with Crippen molar-refractivity contribution < 1.29 is 9.59 Å². The Morgan fingerprint density at radius 1 is 1.47 bits per heavy atom. The van der Waals surface area contributed by atoms with Crippen LogP contribution in [0.4, 0.5) is 5.69 Å². The van der Waals surface area contributed by atoms with Crippen LogP contribution in [-0.4, -0.2) is 18.2 Å². The molecule has 2 rings (SSSR count). The van der Waals surface area contributed by atoms with Gasteiger partial charge in [0.15, 0.2) is 6.29 Å². The number of carbonyl (C=O) groups is 2. The Hall–Kier alpha value is -1.17. The first-order valence-corrected chi connectivity index (χ1v) is 6.44. The number of hydrogen-bond donors (Lipinski definition) is 0. The maximum atomic E-state index is 11.9. The summed E-state index contributed by atoms with van der Waals surface area (Å²) in [5.41, 5.74) is 1.24. The zero-order valence-electron chi connectivity index (χ0n) is 9.23. The van der Waals surface area contributed by atoms with Crippen molar-refractivity contribution in [3.8, 4) is 0 Å². The molecule has 88 valence electrons. The number of hydrogen-bond acceptors (Lipinski definition) is 2. The van der Waals surface area contributed by atoms with Crippen molar-refractivity contribution >= 4 is 40.5 Å². The van der Waals surface area contributed by atoms with Crippen LogP contribution in [0.5, 0.6) is 0 Å². The molecule has 3 nitrogen and oxygen atoms in total. The Balaban J connectivity index is 2.48. The highest BCUT2D eigenvalue weighted by Crippen LogP contribution is 2.30. The maximum Gasteiger partial charge on any atom is 0.227 e. The molecule has 1 aromatic carbocycles. The fraction of sp³-hybridized carbons (Fsp3) is 0.231. The Labute approximate surface area is 114 Å². The molecule has 1 amide bonds. The third kappa shape index (κ3) is 2.26. The van der Waals surface area contributed by atoms with Crippen LogP contribution in [0.1, 0.15) is 23.2 Å².